The van der Waals surface area contributed by atoms with Crippen molar-refractivity contribution in [3.63, 3.8) is 0 Å². The molecule has 75 valence electrons. The van der Waals surface area contributed by atoms with Crippen LogP contribution in [0.2, 0.25) is 0 Å². The second kappa shape index (κ2) is 8.30. The Balaban J connectivity index is 0.00000196. The van der Waals surface area contributed by atoms with E-state index in [1.807, 2.05) is 24.3 Å². The van der Waals surface area contributed by atoms with Crippen LogP contribution < -0.4 is 0 Å². The number of carbonyl (C=O) groups is 1. The van der Waals surface area contributed by atoms with E-state index in [1.54, 1.807) is 10.8 Å². The van der Waals surface area contributed by atoms with Gasteiger partial charge in [-0.05, 0) is 17.7 Å². The van der Waals surface area contributed by atoms with Crippen molar-refractivity contribution in [2.75, 3.05) is 0 Å². The van der Waals surface area contributed by atoms with Crippen LogP contribution in [0.3, 0.4) is 0 Å². The molecule has 1 aromatic carbocycles. The summed E-state index contributed by atoms with van der Waals surface area (Å²) in [5.41, 5.74) is 0.879. The fourth-order valence-corrected chi connectivity index (χ4v) is 1.95. The molecule has 0 bridgehead atoms. The van der Waals surface area contributed by atoms with Gasteiger partial charge in [0.05, 0.1) is 0 Å². The Morgan fingerprint density at radius 2 is 2.14 bits per heavy atom. The summed E-state index contributed by atoms with van der Waals surface area (Å²) in [5.74, 6) is 0. The van der Waals surface area contributed by atoms with Crippen molar-refractivity contribution >= 4 is 28.0 Å². The van der Waals surface area contributed by atoms with Crippen LogP contribution in [0.4, 0.5) is 0 Å². The van der Waals surface area contributed by atoms with E-state index in [4.69, 9.17) is 1.37 Å². The van der Waals surface area contributed by atoms with Crippen molar-refractivity contribution in [2.45, 2.75) is 11.5 Å². The first-order chi connectivity index (χ1) is 6.72. The van der Waals surface area contributed by atoms with E-state index in [1.165, 1.54) is 10.8 Å². The van der Waals surface area contributed by atoms with Crippen LogP contribution >= 0.6 is 21.6 Å². The van der Waals surface area contributed by atoms with Gasteiger partial charge in [-0.2, -0.15) is 0 Å². The number of hydrogen-bond donors (Lipinski definition) is 0. The van der Waals surface area contributed by atoms with Crippen molar-refractivity contribution in [3.05, 3.63) is 36.1 Å². The summed E-state index contributed by atoms with van der Waals surface area (Å²) in [6, 6.07) is 7.58. The molecule has 0 spiro atoms. The summed E-state index contributed by atoms with van der Waals surface area (Å²) in [7, 11) is 3.00. The average molecular weight is 265 g/mol. The Labute approximate surface area is 105 Å². The number of benzene rings is 1. The van der Waals surface area contributed by atoms with E-state index < -0.39 is 6.45 Å². The zero-order chi connectivity index (χ0) is 10.4. The van der Waals surface area contributed by atoms with Crippen LogP contribution in [0, 0.1) is 6.26 Å². The topological polar surface area (TPSA) is 26.3 Å². The predicted molar refractivity (Wildman–Crippen MR) is 56.1 cm³/mol. The molecule has 0 unspecified atom stereocenters. The molecule has 2 nitrogen and oxygen atoms in total. The number of carbonyl (C=O) groups excluding carboxylic acids is 1. The standard InChI is InChI=1S/C9H9O2S2.V/c1-12-13-9-4-2-8(3-5-9)6-11-7-10;/h2-5,7H,1,6H2;/q-1;/i7D;. The average Bonchev–Trinajstić information content (AvgIpc) is 2.17. The van der Waals surface area contributed by atoms with Crippen LogP contribution in [0.5, 0.6) is 0 Å². The molecule has 0 amide bonds. The van der Waals surface area contributed by atoms with Crippen LogP contribution in [0.15, 0.2) is 29.2 Å². The van der Waals surface area contributed by atoms with Gasteiger partial charge in [0.1, 0.15) is 6.61 Å². The fraction of sp³-hybridized carbons (Fsp3) is 0.111. The van der Waals surface area contributed by atoms with Crippen LogP contribution in [-0.4, -0.2) is 6.45 Å². The second-order valence-corrected chi connectivity index (χ2v) is 4.30. The maximum atomic E-state index is 10.2. The molecule has 1 aromatic rings. The van der Waals surface area contributed by atoms with Gasteiger partial charge in [0.2, 0.25) is 0 Å². The monoisotopic (exact) mass is 265 g/mol. The third-order valence-electron chi connectivity index (χ3n) is 1.38. The van der Waals surface area contributed by atoms with E-state index in [-0.39, 0.29) is 25.2 Å². The molecule has 1 radical (unpaired) electrons. The first-order valence-corrected chi connectivity index (χ1v) is 5.85. The van der Waals surface area contributed by atoms with Gasteiger partial charge in [-0.1, -0.05) is 22.9 Å². The number of ether oxygens (including phenoxy) is 1. The van der Waals surface area contributed by atoms with Crippen LogP contribution in [-0.2, 0) is 34.7 Å². The van der Waals surface area contributed by atoms with Crippen molar-refractivity contribution in [1.82, 2.24) is 0 Å². The second-order valence-electron chi connectivity index (χ2n) is 2.22. The molecule has 0 saturated heterocycles. The molecule has 0 N–H and O–H groups in total. The SMILES string of the molecule is [2H]C(=O)OCc1ccc(SS[CH2-])cc1.[V]. The van der Waals surface area contributed by atoms with Gasteiger partial charge in [0.15, 0.2) is 1.37 Å². The van der Waals surface area contributed by atoms with Gasteiger partial charge >= 0.3 is 0 Å². The molecule has 0 fully saturated rings. The maximum absolute atomic E-state index is 10.2. The van der Waals surface area contributed by atoms with E-state index in [0.29, 0.717) is 0 Å². The van der Waals surface area contributed by atoms with Gasteiger partial charge in [-0.15, -0.1) is 0 Å². The van der Waals surface area contributed by atoms with Crippen molar-refractivity contribution < 1.29 is 29.5 Å². The Bertz CT molecular complexity index is 305. The number of hydrogen-bond acceptors (Lipinski definition) is 4. The molecular weight excluding hydrogens is 255 g/mol. The fourth-order valence-electron chi connectivity index (χ4n) is 0.822. The quantitative estimate of drug-likeness (QED) is 0.475. The smallest absolute Gasteiger partial charge is 0.293 e. The first-order valence-electron chi connectivity index (χ1n) is 4.03. The molecule has 0 aliphatic heterocycles. The summed E-state index contributed by atoms with van der Waals surface area (Å²) in [4.78, 5) is 11.3. The van der Waals surface area contributed by atoms with Crippen molar-refractivity contribution in [3.8, 4) is 0 Å². The first kappa shape index (κ1) is 12.0. The maximum Gasteiger partial charge on any atom is 0.293 e. The third kappa shape index (κ3) is 5.01. The molecule has 0 atom stereocenters. The summed E-state index contributed by atoms with van der Waals surface area (Å²) in [5, 5.41) is 0. The minimum Gasteiger partial charge on any atom is -0.463 e. The molecule has 0 aliphatic rings. The van der Waals surface area contributed by atoms with Crippen molar-refractivity contribution in [1.29, 1.82) is 0 Å². The molecule has 0 aromatic heterocycles. The molecule has 0 aliphatic carbocycles. The minimum absolute atomic E-state index is 0. The van der Waals surface area contributed by atoms with Crippen LogP contribution in [0.1, 0.15) is 6.93 Å². The molecule has 14 heavy (non-hydrogen) atoms. The predicted octanol–water partition coefficient (Wildman–Crippen LogP) is 2.89. The summed E-state index contributed by atoms with van der Waals surface area (Å²) >= 11 is 0. The zero-order valence-corrected chi connectivity index (χ0v) is 10.3. The summed E-state index contributed by atoms with van der Waals surface area (Å²) in [6.45, 7) is 0.158. The summed E-state index contributed by atoms with van der Waals surface area (Å²) in [6.07, 6.45) is 2.65. The third-order valence-corrected chi connectivity index (χ3v) is 2.89. The van der Waals surface area contributed by atoms with E-state index >= 15 is 0 Å². The van der Waals surface area contributed by atoms with Crippen LogP contribution in [0.25, 0.3) is 0 Å². The summed E-state index contributed by atoms with van der Waals surface area (Å²) < 4.78 is 11.1. The Morgan fingerprint density at radius 1 is 1.50 bits per heavy atom. The molecule has 5 heteroatoms. The molecular formula is C9H9O2S2V-. The van der Waals surface area contributed by atoms with Gasteiger partial charge in [0, 0.05) is 23.5 Å². The normalized spacial score (nSPS) is 9.93. The van der Waals surface area contributed by atoms with E-state index in [9.17, 15) is 4.79 Å². The van der Waals surface area contributed by atoms with Gasteiger partial charge < -0.3 is 4.74 Å². The number of rotatable bonds is 4. The molecule has 0 heterocycles. The Kier molecular flexibility index (Phi) is 7.14. The zero-order valence-electron chi connectivity index (χ0n) is 8.30. The Morgan fingerprint density at radius 3 is 2.64 bits per heavy atom. The molecule has 1 rings (SSSR count). The Hall–Kier alpha value is -0.0256. The van der Waals surface area contributed by atoms with E-state index in [0.717, 1.165) is 10.5 Å². The largest absolute Gasteiger partial charge is 0.463 e. The molecule has 0 saturated carbocycles. The van der Waals surface area contributed by atoms with Gasteiger partial charge in [-0.3, -0.25) is 21.8 Å². The van der Waals surface area contributed by atoms with Gasteiger partial charge in [-0.25, -0.2) is 0 Å². The van der Waals surface area contributed by atoms with Gasteiger partial charge in [0.25, 0.3) is 6.45 Å². The van der Waals surface area contributed by atoms with E-state index in [2.05, 4.69) is 11.0 Å². The van der Waals surface area contributed by atoms with Crippen molar-refractivity contribution in [2.24, 2.45) is 0 Å². The minimum atomic E-state index is -1.00.